The lowest BCUT2D eigenvalue weighted by Gasteiger charge is -2.65. The van der Waals surface area contributed by atoms with E-state index >= 15 is 0 Å². The van der Waals surface area contributed by atoms with Crippen molar-refractivity contribution in [3.63, 3.8) is 0 Å². The molecule has 5 aliphatic rings. The summed E-state index contributed by atoms with van der Waals surface area (Å²) in [6, 6.07) is 0. The van der Waals surface area contributed by atoms with Crippen molar-refractivity contribution in [3.05, 3.63) is 11.6 Å². The monoisotopic (exact) mass is 475 g/mol. The molecular formula is C26H37NO7. The lowest BCUT2D eigenvalue weighted by Crippen LogP contribution is -2.68. The molecule has 34 heavy (non-hydrogen) atoms. The topological polar surface area (TPSA) is 126 Å². The van der Waals surface area contributed by atoms with Crippen molar-refractivity contribution in [3.8, 4) is 0 Å². The Hall–Kier alpha value is -1.77. The van der Waals surface area contributed by atoms with E-state index in [4.69, 9.17) is 9.47 Å². The molecule has 4 aliphatic carbocycles. The number of fused-ring (bicyclic) bond motifs is 5. The van der Waals surface area contributed by atoms with E-state index in [2.05, 4.69) is 11.9 Å². The number of carbonyl (C=O) groups excluding carboxylic acids is 2. The van der Waals surface area contributed by atoms with Gasteiger partial charge in [-0.25, -0.2) is 4.79 Å². The summed E-state index contributed by atoms with van der Waals surface area (Å²) >= 11 is 0. The Labute approximate surface area is 200 Å². The van der Waals surface area contributed by atoms with Crippen molar-refractivity contribution in [2.45, 2.75) is 82.0 Å². The lowest BCUT2D eigenvalue weighted by atomic mass is 9.41. The maximum absolute atomic E-state index is 12.4. The first-order chi connectivity index (χ1) is 16.1. The molecule has 8 heteroatoms. The number of esters is 2. The maximum atomic E-state index is 12.4. The number of ether oxygens (including phenoxy) is 2. The summed E-state index contributed by atoms with van der Waals surface area (Å²) in [6.45, 7) is 2.36. The molecule has 0 amide bonds. The van der Waals surface area contributed by atoms with Crippen LogP contribution in [0.3, 0.4) is 0 Å². The molecule has 0 aromatic heterocycles. The Morgan fingerprint density at radius 2 is 1.94 bits per heavy atom. The van der Waals surface area contributed by atoms with Crippen molar-refractivity contribution in [2.24, 2.45) is 33.6 Å². The lowest BCUT2D eigenvalue weighted by molar-refractivity contribution is -0.237. The fourth-order valence-corrected chi connectivity index (χ4v) is 8.71. The second-order valence-electron chi connectivity index (χ2n) is 11.6. The van der Waals surface area contributed by atoms with Crippen LogP contribution in [0.15, 0.2) is 16.6 Å². The SMILES string of the molecule is COC(=O)CN=C[C@]12CC[C@H](O)C[C@@]1(O)CC[C@@H]1[C@@H]2CC[C@]2(C)[C@@H](C3=CC(=O)OC3)CC[C@]12O. The number of cyclic esters (lactones) is 1. The molecule has 0 saturated heterocycles. The van der Waals surface area contributed by atoms with Crippen molar-refractivity contribution in [2.75, 3.05) is 20.3 Å². The normalized spacial score (nSPS) is 48.0. The van der Waals surface area contributed by atoms with Crippen LogP contribution in [0.4, 0.5) is 0 Å². The van der Waals surface area contributed by atoms with Gasteiger partial charge in [-0.15, -0.1) is 0 Å². The van der Waals surface area contributed by atoms with Crippen molar-refractivity contribution < 1.29 is 34.4 Å². The van der Waals surface area contributed by atoms with Gasteiger partial charge in [0.1, 0.15) is 13.2 Å². The zero-order chi connectivity index (χ0) is 24.4. The highest BCUT2D eigenvalue weighted by Crippen LogP contribution is 2.70. The Morgan fingerprint density at radius 1 is 1.18 bits per heavy atom. The van der Waals surface area contributed by atoms with Crippen LogP contribution in [-0.2, 0) is 19.1 Å². The predicted molar refractivity (Wildman–Crippen MR) is 123 cm³/mol. The Kier molecular flexibility index (Phi) is 5.73. The minimum atomic E-state index is -1.12. The van der Waals surface area contributed by atoms with Gasteiger partial charge in [0.2, 0.25) is 0 Å². The Balaban J connectivity index is 1.51. The predicted octanol–water partition coefficient (Wildman–Crippen LogP) is 1.94. The molecule has 5 rings (SSSR count). The number of aliphatic imine (C=N–C) groups is 1. The number of hydrogen-bond donors (Lipinski definition) is 3. The third-order valence-electron chi connectivity index (χ3n) is 10.4. The van der Waals surface area contributed by atoms with Gasteiger partial charge in [-0.05, 0) is 74.7 Å². The molecule has 4 saturated carbocycles. The molecule has 188 valence electrons. The van der Waals surface area contributed by atoms with E-state index in [1.165, 1.54) is 7.11 Å². The maximum Gasteiger partial charge on any atom is 0.331 e. The van der Waals surface area contributed by atoms with Crippen LogP contribution in [-0.4, -0.2) is 71.0 Å². The van der Waals surface area contributed by atoms with Crippen LogP contribution in [0.2, 0.25) is 0 Å². The van der Waals surface area contributed by atoms with Gasteiger partial charge in [0, 0.05) is 29.5 Å². The highest BCUT2D eigenvalue weighted by Gasteiger charge is 2.71. The summed E-state index contributed by atoms with van der Waals surface area (Å²) in [5.74, 6) is -0.674. The smallest absolute Gasteiger partial charge is 0.331 e. The number of aliphatic hydroxyl groups is 3. The molecule has 0 aromatic rings. The fraction of sp³-hybridized carbons (Fsp3) is 0.808. The molecule has 0 radical (unpaired) electrons. The molecule has 4 fully saturated rings. The van der Waals surface area contributed by atoms with E-state index in [-0.39, 0.29) is 42.1 Å². The van der Waals surface area contributed by atoms with Gasteiger partial charge in [-0.1, -0.05) is 6.92 Å². The molecule has 1 heterocycles. The molecule has 0 unspecified atom stereocenters. The van der Waals surface area contributed by atoms with Crippen molar-refractivity contribution >= 4 is 18.2 Å². The highest BCUT2D eigenvalue weighted by atomic mass is 16.5. The molecule has 3 N–H and O–H groups in total. The summed E-state index contributed by atoms with van der Waals surface area (Å²) in [7, 11) is 1.33. The second kappa shape index (κ2) is 8.14. The largest absolute Gasteiger partial charge is 0.468 e. The van der Waals surface area contributed by atoms with Gasteiger partial charge < -0.3 is 24.8 Å². The summed E-state index contributed by atoms with van der Waals surface area (Å²) in [4.78, 5) is 27.9. The van der Waals surface area contributed by atoms with Crippen LogP contribution in [0.5, 0.6) is 0 Å². The van der Waals surface area contributed by atoms with Crippen LogP contribution in [0.1, 0.15) is 64.7 Å². The molecule has 0 bridgehead atoms. The Morgan fingerprint density at radius 3 is 2.65 bits per heavy atom. The summed E-state index contributed by atoms with van der Waals surface area (Å²) in [5.41, 5.74) is -2.13. The molecule has 0 spiro atoms. The van der Waals surface area contributed by atoms with Gasteiger partial charge in [0.25, 0.3) is 0 Å². The zero-order valence-electron chi connectivity index (χ0n) is 20.2. The van der Waals surface area contributed by atoms with Crippen LogP contribution in [0.25, 0.3) is 0 Å². The summed E-state index contributed by atoms with van der Waals surface area (Å²) < 4.78 is 9.94. The second-order valence-corrected chi connectivity index (χ2v) is 11.6. The average molecular weight is 476 g/mol. The fourth-order valence-electron chi connectivity index (χ4n) is 8.71. The van der Waals surface area contributed by atoms with Gasteiger partial charge >= 0.3 is 11.9 Å². The third kappa shape index (κ3) is 3.24. The average Bonchev–Trinajstić information content (AvgIpc) is 3.33. The van der Waals surface area contributed by atoms with E-state index in [0.717, 1.165) is 24.8 Å². The van der Waals surface area contributed by atoms with E-state index in [0.29, 0.717) is 38.7 Å². The minimum absolute atomic E-state index is 0.00703. The van der Waals surface area contributed by atoms with E-state index < -0.39 is 28.7 Å². The molecule has 1 aliphatic heterocycles. The standard InChI is InChI=1S/C26H37NO7/c1-23-7-4-19-20(26(23,32)10-6-18(23)16-11-21(29)34-14-16)5-9-25(31)12-17(28)3-8-24(19,25)15-27-13-22(30)33-2/h11,15,17-20,28,31-32H,3-10,12-14H2,1-2H3/t17-,18+,19-,20+,23+,24-,25-,26-/m0/s1. The van der Waals surface area contributed by atoms with Gasteiger partial charge in [-0.2, -0.15) is 0 Å². The van der Waals surface area contributed by atoms with Gasteiger partial charge in [0.05, 0.1) is 24.4 Å². The number of aliphatic hydroxyl groups excluding tert-OH is 1. The van der Waals surface area contributed by atoms with E-state index in [1.807, 2.05) is 0 Å². The third-order valence-corrected chi connectivity index (χ3v) is 10.4. The van der Waals surface area contributed by atoms with Crippen molar-refractivity contribution in [1.82, 2.24) is 0 Å². The molecule has 0 aromatic carbocycles. The molecule has 8 atom stereocenters. The number of hydrogen-bond acceptors (Lipinski definition) is 8. The molecular weight excluding hydrogens is 438 g/mol. The minimum Gasteiger partial charge on any atom is -0.468 e. The van der Waals surface area contributed by atoms with E-state index in [1.54, 1.807) is 12.3 Å². The highest BCUT2D eigenvalue weighted by molar-refractivity contribution is 5.85. The van der Waals surface area contributed by atoms with Crippen LogP contribution >= 0.6 is 0 Å². The van der Waals surface area contributed by atoms with Gasteiger partial charge in [-0.3, -0.25) is 9.79 Å². The van der Waals surface area contributed by atoms with Crippen LogP contribution in [0, 0.1) is 28.6 Å². The van der Waals surface area contributed by atoms with E-state index in [9.17, 15) is 24.9 Å². The summed E-state index contributed by atoms with van der Waals surface area (Å²) in [5, 5.41) is 34.7. The first-order valence-corrected chi connectivity index (χ1v) is 12.7. The first kappa shape index (κ1) is 23.9. The quantitative estimate of drug-likeness (QED) is 0.419. The molecule has 8 nitrogen and oxygen atoms in total. The zero-order valence-corrected chi connectivity index (χ0v) is 20.2. The number of rotatable bonds is 4. The van der Waals surface area contributed by atoms with Crippen molar-refractivity contribution in [1.29, 1.82) is 0 Å². The number of carbonyl (C=O) groups is 2. The Bertz CT molecular complexity index is 932. The van der Waals surface area contributed by atoms with Gasteiger partial charge in [0.15, 0.2) is 0 Å². The number of nitrogens with zero attached hydrogens (tertiary/aromatic N) is 1. The van der Waals surface area contributed by atoms with Crippen LogP contribution < -0.4 is 0 Å². The first-order valence-electron chi connectivity index (χ1n) is 12.7. The number of methoxy groups -OCH3 is 1. The summed E-state index contributed by atoms with van der Waals surface area (Å²) in [6.07, 6.45) is 8.42.